The molecule has 0 fully saturated rings. The second-order valence-electron chi connectivity index (χ2n) is 7.63. The van der Waals surface area contributed by atoms with Gasteiger partial charge in [0.05, 0.1) is 17.8 Å². The highest BCUT2D eigenvalue weighted by Gasteiger charge is 2.25. The van der Waals surface area contributed by atoms with Crippen molar-refractivity contribution in [2.75, 3.05) is 6.61 Å². The Morgan fingerprint density at radius 3 is 2.41 bits per heavy atom. The third-order valence-corrected chi connectivity index (χ3v) is 5.52. The Balaban J connectivity index is 1.85. The second kappa shape index (κ2) is 8.19. The molecule has 0 bridgehead atoms. The number of benzene rings is 3. The summed E-state index contributed by atoms with van der Waals surface area (Å²) in [6.45, 7) is 4.16. The van der Waals surface area contributed by atoms with Gasteiger partial charge >= 0.3 is 5.97 Å². The number of carbonyl (C=O) groups is 1. The van der Waals surface area contributed by atoms with Crippen molar-refractivity contribution in [2.45, 2.75) is 13.8 Å². The molecule has 0 saturated carbocycles. The monoisotopic (exact) mass is 421 g/mol. The average molecular weight is 422 g/mol. The van der Waals surface area contributed by atoms with Crippen molar-refractivity contribution >= 4 is 16.9 Å². The van der Waals surface area contributed by atoms with E-state index in [0.29, 0.717) is 5.82 Å². The van der Waals surface area contributed by atoms with Crippen LogP contribution in [0.1, 0.15) is 23.0 Å². The van der Waals surface area contributed by atoms with E-state index in [2.05, 4.69) is 58.9 Å². The number of hydrogen-bond acceptors (Lipinski definition) is 3. The number of aryl methyl sites for hydroxylation is 1. The summed E-state index contributed by atoms with van der Waals surface area (Å²) in [6, 6.07) is 28.6. The molecule has 0 radical (unpaired) electrons. The maximum Gasteiger partial charge on any atom is 0.360 e. The zero-order valence-corrected chi connectivity index (χ0v) is 18.0. The van der Waals surface area contributed by atoms with Gasteiger partial charge in [-0.3, -0.25) is 9.13 Å². The first-order valence-corrected chi connectivity index (χ1v) is 10.6. The fourth-order valence-electron chi connectivity index (χ4n) is 4.00. The molecule has 158 valence electrons. The van der Waals surface area contributed by atoms with Crippen LogP contribution in [0.5, 0.6) is 0 Å². The van der Waals surface area contributed by atoms with Gasteiger partial charge in [-0.1, -0.05) is 66.2 Å². The molecular formula is C27H23N3O2. The predicted octanol–water partition coefficient (Wildman–Crippen LogP) is 5.97. The Morgan fingerprint density at radius 2 is 1.66 bits per heavy atom. The van der Waals surface area contributed by atoms with Crippen LogP contribution in [-0.2, 0) is 4.74 Å². The van der Waals surface area contributed by atoms with Crippen molar-refractivity contribution in [1.82, 2.24) is 14.1 Å². The number of aromatic nitrogens is 3. The normalized spacial score (nSPS) is 11.1. The van der Waals surface area contributed by atoms with Gasteiger partial charge in [0.25, 0.3) is 0 Å². The molecule has 0 aliphatic carbocycles. The molecule has 2 heterocycles. The molecule has 5 rings (SSSR count). The van der Waals surface area contributed by atoms with E-state index in [9.17, 15) is 4.79 Å². The highest BCUT2D eigenvalue weighted by Crippen LogP contribution is 2.34. The quantitative estimate of drug-likeness (QED) is 0.329. The van der Waals surface area contributed by atoms with Crippen LogP contribution in [0.15, 0.2) is 91.3 Å². The molecule has 0 aliphatic heterocycles. The largest absolute Gasteiger partial charge is 0.461 e. The molecule has 5 aromatic rings. The number of imidazole rings is 1. The summed E-state index contributed by atoms with van der Waals surface area (Å²) in [5, 5.41) is 1.08. The molecule has 3 aromatic carbocycles. The number of ether oxygens (including phenoxy) is 1. The van der Waals surface area contributed by atoms with Gasteiger partial charge in [-0.15, -0.1) is 0 Å². The molecule has 0 saturated heterocycles. The standard InChI is InChI=1S/C27H23N3O2/c1-3-32-27(31)25-26(29(18-28-25)22-10-5-4-6-11-22)30-23-12-8-7-9-21(23)17-24(30)20-15-13-19(2)14-16-20/h4-18H,3H2,1-2H3. The minimum atomic E-state index is -0.440. The van der Waals surface area contributed by atoms with Crippen molar-refractivity contribution in [1.29, 1.82) is 0 Å². The van der Waals surface area contributed by atoms with Crippen molar-refractivity contribution in [3.05, 3.63) is 103 Å². The molecule has 5 nitrogen and oxygen atoms in total. The van der Waals surface area contributed by atoms with Gasteiger partial charge in [0.2, 0.25) is 0 Å². The van der Waals surface area contributed by atoms with E-state index >= 15 is 0 Å². The first-order chi connectivity index (χ1) is 15.7. The zero-order chi connectivity index (χ0) is 22.1. The van der Waals surface area contributed by atoms with Crippen LogP contribution in [0.25, 0.3) is 33.7 Å². The Hall–Kier alpha value is -4.12. The summed E-state index contributed by atoms with van der Waals surface area (Å²) in [5.74, 6) is 0.219. The second-order valence-corrected chi connectivity index (χ2v) is 7.63. The SMILES string of the molecule is CCOC(=O)c1ncn(-c2ccccc2)c1-n1c(-c2ccc(C)cc2)cc2ccccc21. The Bertz CT molecular complexity index is 1400. The topological polar surface area (TPSA) is 49.0 Å². The van der Waals surface area contributed by atoms with Gasteiger partial charge in [0.1, 0.15) is 6.33 Å². The van der Waals surface area contributed by atoms with Gasteiger partial charge in [-0.2, -0.15) is 0 Å². The third-order valence-electron chi connectivity index (χ3n) is 5.52. The van der Waals surface area contributed by atoms with Crippen LogP contribution < -0.4 is 0 Å². The van der Waals surface area contributed by atoms with Gasteiger partial charge < -0.3 is 4.74 Å². The minimum Gasteiger partial charge on any atom is -0.461 e. The number of hydrogen-bond donors (Lipinski definition) is 0. The number of para-hydroxylation sites is 2. The first kappa shape index (κ1) is 19.8. The van der Waals surface area contributed by atoms with E-state index in [0.717, 1.165) is 27.8 Å². The molecule has 2 aromatic heterocycles. The number of rotatable bonds is 5. The molecule has 0 aliphatic rings. The molecule has 0 N–H and O–H groups in total. The summed E-state index contributed by atoms with van der Waals surface area (Å²) in [4.78, 5) is 17.4. The highest BCUT2D eigenvalue weighted by molar-refractivity contribution is 5.95. The molecule has 0 unspecified atom stereocenters. The van der Waals surface area contributed by atoms with E-state index in [-0.39, 0.29) is 12.3 Å². The van der Waals surface area contributed by atoms with Crippen LogP contribution in [0, 0.1) is 6.92 Å². The van der Waals surface area contributed by atoms with Crippen molar-refractivity contribution in [3.8, 4) is 22.8 Å². The molecule has 5 heteroatoms. The maximum atomic E-state index is 12.9. The van der Waals surface area contributed by atoms with E-state index in [1.54, 1.807) is 13.3 Å². The summed E-state index contributed by atoms with van der Waals surface area (Å²) in [5.41, 5.74) is 5.42. The zero-order valence-electron chi connectivity index (χ0n) is 18.0. The van der Waals surface area contributed by atoms with Gasteiger partial charge in [-0.05, 0) is 43.7 Å². The van der Waals surface area contributed by atoms with E-state index < -0.39 is 5.97 Å². The number of esters is 1. The first-order valence-electron chi connectivity index (χ1n) is 10.6. The summed E-state index contributed by atoms with van der Waals surface area (Å²) >= 11 is 0. The van der Waals surface area contributed by atoms with Crippen molar-refractivity contribution in [2.24, 2.45) is 0 Å². The van der Waals surface area contributed by atoms with Crippen molar-refractivity contribution < 1.29 is 9.53 Å². The van der Waals surface area contributed by atoms with Crippen LogP contribution in [0.2, 0.25) is 0 Å². The van der Waals surface area contributed by atoms with Crippen LogP contribution >= 0.6 is 0 Å². The lowest BCUT2D eigenvalue weighted by Gasteiger charge is -2.16. The molecule has 0 spiro atoms. The fraction of sp³-hybridized carbons (Fsp3) is 0.111. The van der Waals surface area contributed by atoms with Crippen LogP contribution in [0.3, 0.4) is 0 Å². The van der Waals surface area contributed by atoms with Gasteiger partial charge in [0, 0.05) is 11.1 Å². The number of nitrogens with zero attached hydrogens (tertiary/aromatic N) is 3. The lowest BCUT2D eigenvalue weighted by Crippen LogP contribution is -2.13. The molecular weight excluding hydrogens is 398 g/mol. The minimum absolute atomic E-state index is 0.283. The lowest BCUT2D eigenvalue weighted by atomic mass is 10.1. The molecule has 0 amide bonds. The smallest absolute Gasteiger partial charge is 0.360 e. The lowest BCUT2D eigenvalue weighted by molar-refractivity contribution is 0.0520. The van der Waals surface area contributed by atoms with Gasteiger partial charge in [0.15, 0.2) is 11.5 Å². The predicted molar refractivity (Wildman–Crippen MR) is 127 cm³/mol. The highest BCUT2D eigenvalue weighted by atomic mass is 16.5. The molecule has 32 heavy (non-hydrogen) atoms. The Kier molecular flexibility index (Phi) is 5.07. The summed E-state index contributed by atoms with van der Waals surface area (Å²) in [7, 11) is 0. The number of carbonyl (C=O) groups excluding carboxylic acids is 1. The van der Waals surface area contributed by atoms with Gasteiger partial charge in [-0.25, -0.2) is 9.78 Å². The maximum absolute atomic E-state index is 12.9. The third kappa shape index (κ3) is 3.38. The van der Waals surface area contributed by atoms with Crippen LogP contribution in [-0.4, -0.2) is 26.7 Å². The Labute approximate surface area is 186 Å². The van der Waals surface area contributed by atoms with E-state index in [4.69, 9.17) is 4.74 Å². The fourth-order valence-corrected chi connectivity index (χ4v) is 4.00. The number of fused-ring (bicyclic) bond motifs is 1. The van der Waals surface area contributed by atoms with E-state index in [1.165, 1.54) is 5.56 Å². The Morgan fingerprint density at radius 1 is 0.938 bits per heavy atom. The summed E-state index contributed by atoms with van der Waals surface area (Å²) < 4.78 is 9.41. The van der Waals surface area contributed by atoms with E-state index in [1.807, 2.05) is 47.0 Å². The van der Waals surface area contributed by atoms with Crippen molar-refractivity contribution in [3.63, 3.8) is 0 Å². The average Bonchev–Trinajstić information content (AvgIpc) is 3.42. The summed E-state index contributed by atoms with van der Waals surface area (Å²) in [6.07, 6.45) is 1.69. The molecule has 0 atom stereocenters. The van der Waals surface area contributed by atoms with Crippen LogP contribution in [0.4, 0.5) is 0 Å².